The van der Waals surface area contributed by atoms with E-state index in [0.29, 0.717) is 26.4 Å². The monoisotopic (exact) mass is 484 g/mol. The van der Waals surface area contributed by atoms with Crippen LogP contribution in [0.1, 0.15) is 5.69 Å². The highest BCUT2D eigenvalue weighted by molar-refractivity contribution is 5.34. The van der Waals surface area contributed by atoms with Gasteiger partial charge in [0.2, 0.25) is 5.95 Å². The third-order valence-electron chi connectivity index (χ3n) is 4.86. The molecule has 190 valence electrons. The maximum atomic E-state index is 13.1. The predicted molar refractivity (Wildman–Crippen MR) is 109 cm³/mol. The molecule has 2 heterocycles. The second kappa shape index (κ2) is 13.9. The van der Waals surface area contributed by atoms with Gasteiger partial charge < -0.3 is 44.9 Å². The molecule has 0 bridgehead atoms. The van der Waals surface area contributed by atoms with E-state index in [4.69, 9.17) is 24.7 Å². The minimum Gasteiger partial charge on any atom is -0.394 e. The molecule has 4 atom stereocenters. The van der Waals surface area contributed by atoms with Crippen LogP contribution in [0.25, 0.3) is 0 Å². The number of aliphatic hydroxyl groups is 3. The Bertz CT molecular complexity index is 689. The Morgan fingerprint density at radius 1 is 1.06 bits per heavy atom. The van der Waals surface area contributed by atoms with Crippen LogP contribution in [0.4, 0.5) is 19.1 Å². The smallest absolute Gasteiger partial charge is 0.394 e. The number of hydrogen-bond acceptors (Lipinski definition) is 11. The van der Waals surface area contributed by atoms with Crippen LogP contribution in [0.2, 0.25) is 0 Å². The van der Waals surface area contributed by atoms with Crippen molar-refractivity contribution in [2.24, 2.45) is 5.73 Å². The number of aromatic nitrogens is 2. The van der Waals surface area contributed by atoms with Crippen molar-refractivity contribution < 1.29 is 47.4 Å². The molecule has 33 heavy (non-hydrogen) atoms. The number of nitrogens with two attached hydrogens (primary N) is 1. The molecule has 1 fully saturated rings. The van der Waals surface area contributed by atoms with Crippen molar-refractivity contribution in [2.75, 3.05) is 70.8 Å². The first-order chi connectivity index (χ1) is 15.8. The number of ether oxygens (including phenoxy) is 4. The largest absolute Gasteiger partial charge is 0.433 e. The van der Waals surface area contributed by atoms with Crippen LogP contribution in [0.5, 0.6) is 0 Å². The van der Waals surface area contributed by atoms with E-state index < -0.39 is 42.8 Å². The lowest BCUT2D eigenvalue weighted by atomic mass is 9.97. The molecule has 11 nitrogen and oxygen atoms in total. The molecule has 0 amide bonds. The van der Waals surface area contributed by atoms with E-state index >= 15 is 0 Å². The molecule has 0 unspecified atom stereocenters. The molecule has 2 rings (SSSR count). The first kappa shape index (κ1) is 27.6. The van der Waals surface area contributed by atoms with Gasteiger partial charge in [0.05, 0.1) is 58.9 Å². The van der Waals surface area contributed by atoms with Crippen molar-refractivity contribution in [3.05, 3.63) is 18.0 Å². The summed E-state index contributed by atoms with van der Waals surface area (Å²) in [6, 6.07) is -0.233. The number of halogens is 3. The molecule has 1 aliphatic rings. The summed E-state index contributed by atoms with van der Waals surface area (Å²) < 4.78 is 60.7. The van der Waals surface area contributed by atoms with Gasteiger partial charge in [-0.05, 0) is 6.07 Å². The third-order valence-corrected chi connectivity index (χ3v) is 4.86. The van der Waals surface area contributed by atoms with Crippen LogP contribution in [0.3, 0.4) is 0 Å². The van der Waals surface area contributed by atoms with Gasteiger partial charge in [0, 0.05) is 19.3 Å². The Kier molecular flexibility index (Phi) is 11.6. The van der Waals surface area contributed by atoms with E-state index in [1.807, 2.05) is 0 Å². The van der Waals surface area contributed by atoms with Gasteiger partial charge in [0.15, 0.2) is 0 Å². The van der Waals surface area contributed by atoms with Crippen LogP contribution in [0, 0.1) is 0 Å². The number of rotatable bonds is 14. The molecule has 0 radical (unpaired) electrons. The Morgan fingerprint density at radius 2 is 1.70 bits per heavy atom. The second-order valence-corrected chi connectivity index (χ2v) is 7.16. The molecular weight excluding hydrogens is 453 g/mol. The van der Waals surface area contributed by atoms with E-state index in [1.165, 1.54) is 4.90 Å². The van der Waals surface area contributed by atoms with Crippen LogP contribution < -0.4 is 10.6 Å². The lowest BCUT2D eigenvalue weighted by molar-refractivity contribution is -0.157. The van der Waals surface area contributed by atoms with Crippen molar-refractivity contribution in [3.63, 3.8) is 0 Å². The van der Waals surface area contributed by atoms with Crippen LogP contribution in [-0.4, -0.2) is 116 Å². The summed E-state index contributed by atoms with van der Waals surface area (Å²) in [4.78, 5) is 8.77. The highest BCUT2D eigenvalue weighted by Crippen LogP contribution is 2.29. The highest BCUT2D eigenvalue weighted by Gasteiger charge is 2.42. The minimum absolute atomic E-state index is 0.00250. The number of aliphatic hydroxyl groups excluding tert-OH is 3. The van der Waals surface area contributed by atoms with Gasteiger partial charge in [0.1, 0.15) is 24.0 Å². The zero-order chi connectivity index (χ0) is 24.3. The topological polar surface area (TPSA) is 153 Å². The molecule has 1 aromatic heterocycles. The Hall–Kier alpha value is -1.65. The minimum atomic E-state index is -4.69. The SMILES string of the molecule is NCCOCCOCCOCCN(c1nccc(C(F)(F)F)n1)[C@H]1CO[C@H](CO)[C@H](O)[C@@H]1O. The van der Waals surface area contributed by atoms with Crippen LogP contribution >= 0.6 is 0 Å². The van der Waals surface area contributed by atoms with Gasteiger partial charge in [-0.25, -0.2) is 9.97 Å². The molecule has 0 aliphatic carbocycles. The van der Waals surface area contributed by atoms with E-state index in [1.54, 1.807) is 0 Å². The van der Waals surface area contributed by atoms with Gasteiger partial charge in [-0.15, -0.1) is 0 Å². The average molecular weight is 484 g/mol. The summed E-state index contributed by atoms with van der Waals surface area (Å²) in [5.41, 5.74) is 4.15. The molecule has 14 heteroatoms. The number of alkyl halides is 3. The standard InChI is InChI=1S/C19H31F3N4O7/c20-19(21,22)15-1-3-24-18(25-15)26(13-12-33-14(11-27)17(29)16(13)28)4-6-31-8-10-32-9-7-30-5-2-23/h1,3,13-14,16-17,27-29H,2,4-12,23H2/t13-,14+,16+,17-/m0/s1. The van der Waals surface area contributed by atoms with E-state index in [2.05, 4.69) is 9.97 Å². The lowest BCUT2D eigenvalue weighted by Gasteiger charge is -2.42. The number of nitrogens with zero attached hydrogens (tertiary/aromatic N) is 3. The van der Waals surface area contributed by atoms with Crippen molar-refractivity contribution in [2.45, 2.75) is 30.5 Å². The quantitative estimate of drug-likeness (QED) is 0.235. The normalized spacial score (nSPS) is 23.6. The molecule has 0 saturated carbocycles. The lowest BCUT2D eigenvalue weighted by Crippen LogP contribution is -2.61. The first-order valence-corrected chi connectivity index (χ1v) is 10.5. The molecule has 0 spiro atoms. The van der Waals surface area contributed by atoms with Gasteiger partial charge >= 0.3 is 6.18 Å². The van der Waals surface area contributed by atoms with Crippen molar-refractivity contribution >= 4 is 5.95 Å². The Labute approximate surface area is 189 Å². The fourth-order valence-electron chi connectivity index (χ4n) is 3.15. The average Bonchev–Trinajstić information content (AvgIpc) is 2.79. The first-order valence-electron chi connectivity index (χ1n) is 10.5. The Morgan fingerprint density at radius 3 is 2.30 bits per heavy atom. The summed E-state index contributed by atoms with van der Waals surface area (Å²) in [5, 5.41) is 30.0. The molecule has 5 N–H and O–H groups in total. The van der Waals surface area contributed by atoms with Gasteiger partial charge in [0.25, 0.3) is 0 Å². The van der Waals surface area contributed by atoms with Crippen LogP contribution in [-0.2, 0) is 25.1 Å². The number of anilines is 1. The van der Waals surface area contributed by atoms with Crippen LogP contribution in [0.15, 0.2) is 12.3 Å². The molecule has 1 aliphatic heterocycles. The summed E-state index contributed by atoms with van der Waals surface area (Å²) in [5.74, 6) is -0.302. The molecular formula is C19H31F3N4O7. The zero-order valence-electron chi connectivity index (χ0n) is 18.1. The summed E-state index contributed by atoms with van der Waals surface area (Å²) in [7, 11) is 0. The van der Waals surface area contributed by atoms with E-state index in [0.717, 1.165) is 12.3 Å². The highest BCUT2D eigenvalue weighted by atomic mass is 19.4. The molecule has 1 saturated heterocycles. The zero-order valence-corrected chi connectivity index (χ0v) is 18.1. The third kappa shape index (κ3) is 8.57. The van der Waals surface area contributed by atoms with Gasteiger partial charge in [-0.1, -0.05) is 0 Å². The van der Waals surface area contributed by atoms with Crippen molar-refractivity contribution in [1.29, 1.82) is 0 Å². The fourth-order valence-corrected chi connectivity index (χ4v) is 3.15. The fraction of sp³-hybridized carbons (Fsp3) is 0.789. The Balaban J connectivity index is 1.98. The maximum Gasteiger partial charge on any atom is 0.433 e. The molecule has 1 aromatic rings. The second-order valence-electron chi connectivity index (χ2n) is 7.16. The predicted octanol–water partition coefficient (Wildman–Crippen LogP) is -1.21. The summed E-state index contributed by atoms with van der Waals surface area (Å²) in [6.45, 7) is 1.48. The van der Waals surface area contributed by atoms with Gasteiger partial charge in [-0.2, -0.15) is 13.2 Å². The number of hydrogen-bond donors (Lipinski definition) is 4. The summed E-state index contributed by atoms with van der Waals surface area (Å²) >= 11 is 0. The van der Waals surface area contributed by atoms with E-state index in [-0.39, 0.29) is 38.9 Å². The maximum absolute atomic E-state index is 13.1. The summed E-state index contributed by atoms with van der Waals surface area (Å²) in [6.07, 6.45) is -7.61. The molecule has 0 aromatic carbocycles. The van der Waals surface area contributed by atoms with Crippen molar-refractivity contribution in [1.82, 2.24) is 9.97 Å². The van der Waals surface area contributed by atoms with E-state index in [9.17, 15) is 28.5 Å². The van der Waals surface area contributed by atoms with Gasteiger partial charge in [-0.3, -0.25) is 0 Å². The van der Waals surface area contributed by atoms with Crippen molar-refractivity contribution in [3.8, 4) is 0 Å².